The average Bonchev–Trinajstić information content (AvgIpc) is 3.19. The molecule has 1 amide bonds. The first-order chi connectivity index (χ1) is 13.7. The molecule has 1 aromatic carbocycles. The molecule has 2 fully saturated rings. The van der Waals surface area contributed by atoms with Gasteiger partial charge in [-0.25, -0.2) is 9.59 Å². The molecule has 2 saturated heterocycles. The van der Waals surface area contributed by atoms with E-state index in [0.717, 1.165) is 5.56 Å². The Balaban J connectivity index is 1.85. The first kappa shape index (κ1) is 21.1. The van der Waals surface area contributed by atoms with E-state index in [4.69, 9.17) is 14.2 Å². The molecule has 3 atom stereocenters. The smallest absolute Gasteiger partial charge is 0.411 e. The van der Waals surface area contributed by atoms with E-state index in [1.54, 1.807) is 20.8 Å². The van der Waals surface area contributed by atoms with Crippen molar-refractivity contribution >= 4 is 18.0 Å². The molecule has 0 aromatic heterocycles. The first-order valence-corrected chi connectivity index (χ1v) is 9.97. The molecule has 2 aliphatic rings. The fraction of sp³-hybridized carbons (Fsp3) is 0.591. The molecule has 2 bridgehead atoms. The van der Waals surface area contributed by atoms with E-state index in [1.807, 2.05) is 30.3 Å². The second kappa shape index (κ2) is 8.05. The van der Waals surface area contributed by atoms with Crippen LogP contribution in [0.15, 0.2) is 30.3 Å². The summed E-state index contributed by atoms with van der Waals surface area (Å²) in [5.74, 6) is -1.23. The summed E-state index contributed by atoms with van der Waals surface area (Å²) in [7, 11) is 1.32. The average molecular weight is 403 g/mol. The lowest BCUT2D eigenvalue weighted by atomic mass is 9.76. The molecule has 0 radical (unpaired) electrons. The quantitative estimate of drug-likeness (QED) is 0.553. The number of benzene rings is 1. The van der Waals surface area contributed by atoms with Gasteiger partial charge in [-0.2, -0.15) is 0 Å². The second-order valence-electron chi connectivity index (χ2n) is 8.74. The summed E-state index contributed by atoms with van der Waals surface area (Å²) in [4.78, 5) is 39.8. The maximum absolute atomic E-state index is 13.3. The summed E-state index contributed by atoms with van der Waals surface area (Å²) in [5, 5.41) is 0. The maximum Gasteiger partial charge on any atom is 0.411 e. The number of hydrogen-bond acceptors (Lipinski definition) is 6. The number of esters is 2. The molecule has 0 saturated carbocycles. The van der Waals surface area contributed by atoms with Gasteiger partial charge in [-0.1, -0.05) is 30.3 Å². The zero-order valence-corrected chi connectivity index (χ0v) is 17.5. The fourth-order valence-electron chi connectivity index (χ4n) is 4.48. The second-order valence-corrected chi connectivity index (χ2v) is 8.74. The van der Waals surface area contributed by atoms with Gasteiger partial charge in [0.25, 0.3) is 0 Å². The van der Waals surface area contributed by atoms with E-state index in [1.165, 1.54) is 12.0 Å². The van der Waals surface area contributed by atoms with E-state index >= 15 is 0 Å². The molecule has 1 aromatic rings. The van der Waals surface area contributed by atoms with Crippen LogP contribution in [0, 0.1) is 5.92 Å². The molecule has 158 valence electrons. The molecular formula is C22H29NO6. The molecule has 0 unspecified atom stereocenters. The van der Waals surface area contributed by atoms with Crippen molar-refractivity contribution < 1.29 is 28.6 Å². The Labute approximate surface area is 171 Å². The highest BCUT2D eigenvalue weighted by Crippen LogP contribution is 2.53. The summed E-state index contributed by atoms with van der Waals surface area (Å²) in [5.41, 5.74) is -1.04. The van der Waals surface area contributed by atoms with Crippen LogP contribution < -0.4 is 0 Å². The fourth-order valence-corrected chi connectivity index (χ4v) is 4.48. The third kappa shape index (κ3) is 4.23. The number of amides is 1. The predicted octanol–water partition coefficient (Wildman–Crippen LogP) is 3.45. The van der Waals surface area contributed by atoms with Gasteiger partial charge >= 0.3 is 18.0 Å². The number of nitrogens with zero attached hydrogens (tertiary/aromatic N) is 1. The predicted molar refractivity (Wildman–Crippen MR) is 105 cm³/mol. The zero-order chi connectivity index (χ0) is 21.2. The van der Waals surface area contributed by atoms with Gasteiger partial charge in [0.15, 0.2) is 0 Å². The van der Waals surface area contributed by atoms with E-state index in [-0.39, 0.29) is 25.0 Å². The van der Waals surface area contributed by atoms with Crippen molar-refractivity contribution in [2.45, 2.75) is 70.2 Å². The summed E-state index contributed by atoms with van der Waals surface area (Å²) in [6, 6.07) is 9.22. The van der Waals surface area contributed by atoms with E-state index in [9.17, 15) is 14.4 Å². The highest BCUT2D eigenvalue weighted by atomic mass is 16.6. The van der Waals surface area contributed by atoms with Crippen molar-refractivity contribution in [3.63, 3.8) is 0 Å². The summed E-state index contributed by atoms with van der Waals surface area (Å²) < 4.78 is 16.1. The molecule has 7 heteroatoms. The Kier molecular flexibility index (Phi) is 5.87. The van der Waals surface area contributed by atoms with Crippen molar-refractivity contribution in [2.75, 3.05) is 7.11 Å². The van der Waals surface area contributed by atoms with Gasteiger partial charge in [-0.3, -0.25) is 9.69 Å². The molecule has 3 rings (SSSR count). The molecule has 0 spiro atoms. The van der Waals surface area contributed by atoms with Crippen molar-refractivity contribution in [1.29, 1.82) is 0 Å². The molecular weight excluding hydrogens is 374 g/mol. The molecule has 2 aliphatic heterocycles. The van der Waals surface area contributed by atoms with Crippen molar-refractivity contribution in [3.8, 4) is 0 Å². The van der Waals surface area contributed by atoms with Crippen molar-refractivity contribution in [2.24, 2.45) is 5.92 Å². The highest BCUT2D eigenvalue weighted by molar-refractivity contribution is 5.89. The lowest BCUT2D eigenvalue weighted by Crippen LogP contribution is -2.56. The number of rotatable bonds is 5. The van der Waals surface area contributed by atoms with Gasteiger partial charge < -0.3 is 14.2 Å². The minimum absolute atomic E-state index is 0.0642. The van der Waals surface area contributed by atoms with Crippen LogP contribution in [-0.4, -0.2) is 47.2 Å². The van der Waals surface area contributed by atoms with Crippen molar-refractivity contribution in [3.05, 3.63) is 35.9 Å². The molecule has 0 N–H and O–H groups in total. The monoisotopic (exact) mass is 403 g/mol. The molecule has 7 nitrogen and oxygen atoms in total. The standard InChI is InChI=1S/C22H29NO6/c1-21(2,3)29-19(25)22-11-10-17(12-16(22)13-18(24)27-4)23(22)20(26)28-14-15-8-6-5-7-9-15/h5-9,16-17H,10-14H2,1-4H3/t16-,17-,22+/m1/s1. The highest BCUT2D eigenvalue weighted by Gasteiger charge is 2.66. The SMILES string of the molecule is COC(=O)C[C@H]1C[C@H]2CC[C@]1(C(=O)OC(C)(C)C)N2C(=O)OCc1ccccc1. The van der Waals surface area contributed by atoms with Crippen LogP contribution in [0.25, 0.3) is 0 Å². The lowest BCUT2D eigenvalue weighted by molar-refractivity contribution is -0.169. The van der Waals surface area contributed by atoms with Crippen LogP contribution in [0.5, 0.6) is 0 Å². The Morgan fingerprint density at radius 3 is 2.48 bits per heavy atom. The van der Waals surface area contributed by atoms with Crippen LogP contribution in [0.4, 0.5) is 4.79 Å². The van der Waals surface area contributed by atoms with E-state index in [0.29, 0.717) is 19.3 Å². The molecule has 2 heterocycles. The van der Waals surface area contributed by atoms with E-state index < -0.39 is 29.2 Å². The minimum Gasteiger partial charge on any atom is -0.469 e. The summed E-state index contributed by atoms with van der Waals surface area (Å²) in [6.07, 6.45) is 1.20. The van der Waals surface area contributed by atoms with Gasteiger partial charge in [-0.15, -0.1) is 0 Å². The third-order valence-electron chi connectivity index (χ3n) is 5.68. The summed E-state index contributed by atoms with van der Waals surface area (Å²) in [6.45, 7) is 5.48. The Morgan fingerprint density at radius 2 is 1.86 bits per heavy atom. The number of methoxy groups -OCH3 is 1. The Hall–Kier alpha value is -2.57. The van der Waals surface area contributed by atoms with Crippen molar-refractivity contribution in [1.82, 2.24) is 4.90 Å². The lowest BCUT2D eigenvalue weighted by Gasteiger charge is -2.38. The van der Waals surface area contributed by atoms with Crippen LogP contribution >= 0.6 is 0 Å². The number of hydrogen-bond donors (Lipinski definition) is 0. The van der Waals surface area contributed by atoms with Gasteiger partial charge in [0, 0.05) is 12.0 Å². The Bertz CT molecular complexity index is 771. The molecule has 29 heavy (non-hydrogen) atoms. The van der Waals surface area contributed by atoms with Crippen LogP contribution in [0.2, 0.25) is 0 Å². The Morgan fingerprint density at radius 1 is 1.17 bits per heavy atom. The normalized spacial score (nSPS) is 25.6. The van der Waals surface area contributed by atoms with Gasteiger partial charge in [0.05, 0.1) is 13.5 Å². The number of carbonyl (C=O) groups excluding carboxylic acids is 3. The maximum atomic E-state index is 13.3. The van der Waals surface area contributed by atoms with E-state index in [2.05, 4.69) is 0 Å². The minimum atomic E-state index is -1.19. The van der Waals surface area contributed by atoms with Gasteiger partial charge in [0.1, 0.15) is 17.7 Å². The third-order valence-corrected chi connectivity index (χ3v) is 5.68. The van der Waals surface area contributed by atoms with Crippen LogP contribution in [-0.2, 0) is 30.4 Å². The van der Waals surface area contributed by atoms with Gasteiger partial charge in [0.2, 0.25) is 0 Å². The number of fused-ring (bicyclic) bond motifs is 2. The number of carbonyl (C=O) groups is 3. The zero-order valence-electron chi connectivity index (χ0n) is 17.5. The largest absolute Gasteiger partial charge is 0.469 e. The number of ether oxygens (including phenoxy) is 3. The first-order valence-electron chi connectivity index (χ1n) is 9.97. The summed E-state index contributed by atoms with van der Waals surface area (Å²) >= 11 is 0. The van der Waals surface area contributed by atoms with Gasteiger partial charge in [-0.05, 0) is 45.6 Å². The molecule has 0 aliphatic carbocycles. The topological polar surface area (TPSA) is 82.1 Å². The van der Waals surface area contributed by atoms with Crippen LogP contribution in [0.1, 0.15) is 52.0 Å². The van der Waals surface area contributed by atoms with Crippen LogP contribution in [0.3, 0.4) is 0 Å².